The summed E-state index contributed by atoms with van der Waals surface area (Å²) < 4.78 is 0. The van der Waals surface area contributed by atoms with Crippen molar-refractivity contribution >= 4 is 47.3 Å². The summed E-state index contributed by atoms with van der Waals surface area (Å²) in [7, 11) is 0. The third-order valence-electron chi connectivity index (χ3n) is 5.43. The standard InChI is InChI=1S/C19H25Cl2N3O2.ClH/c1-14(25)19(13-23-7-2-3-8-23)12-22-6-9-24(19)18(26)11-15-4-5-16(20)17(21)10-15;/h4-5,10,22H,2-3,6-9,11-13H2,1H3;1H. The van der Waals surface area contributed by atoms with Crippen LogP contribution in [0.4, 0.5) is 0 Å². The summed E-state index contributed by atoms with van der Waals surface area (Å²) in [6.07, 6.45) is 2.52. The van der Waals surface area contributed by atoms with E-state index in [-0.39, 0.29) is 30.5 Å². The average molecular weight is 435 g/mol. The number of piperazine rings is 1. The van der Waals surface area contributed by atoms with Crippen molar-refractivity contribution in [2.75, 3.05) is 39.3 Å². The van der Waals surface area contributed by atoms with Crippen LogP contribution in [0.1, 0.15) is 25.3 Å². The molecule has 0 radical (unpaired) electrons. The van der Waals surface area contributed by atoms with Crippen molar-refractivity contribution in [2.24, 2.45) is 0 Å². The first-order valence-corrected chi connectivity index (χ1v) is 9.86. The molecule has 3 rings (SSSR count). The Morgan fingerprint density at radius 3 is 2.48 bits per heavy atom. The number of rotatable bonds is 5. The minimum Gasteiger partial charge on any atom is -0.326 e. The SMILES string of the molecule is CC(=O)C1(CN2CCCC2)CNCCN1C(=O)Cc1ccc(Cl)c(Cl)c1.Cl. The molecule has 1 aromatic carbocycles. The highest BCUT2D eigenvalue weighted by Gasteiger charge is 2.46. The van der Waals surface area contributed by atoms with Gasteiger partial charge < -0.3 is 15.1 Å². The number of ketones is 1. The summed E-state index contributed by atoms with van der Waals surface area (Å²) in [5.41, 5.74) is 0.0113. The second-order valence-electron chi connectivity index (χ2n) is 7.22. The number of nitrogens with one attached hydrogen (secondary N) is 1. The molecule has 1 aromatic rings. The molecular formula is C19H26Cl3N3O2. The van der Waals surface area contributed by atoms with Crippen molar-refractivity contribution in [3.63, 3.8) is 0 Å². The third kappa shape index (κ3) is 4.96. The van der Waals surface area contributed by atoms with Crippen LogP contribution in [-0.4, -0.2) is 66.3 Å². The van der Waals surface area contributed by atoms with Gasteiger partial charge in [-0.2, -0.15) is 0 Å². The molecule has 2 fully saturated rings. The van der Waals surface area contributed by atoms with Gasteiger partial charge >= 0.3 is 0 Å². The van der Waals surface area contributed by atoms with E-state index in [1.165, 1.54) is 0 Å². The van der Waals surface area contributed by atoms with Gasteiger partial charge in [0.05, 0.1) is 16.5 Å². The Hall–Kier alpha value is -0.850. The monoisotopic (exact) mass is 433 g/mol. The van der Waals surface area contributed by atoms with Crippen molar-refractivity contribution in [1.29, 1.82) is 0 Å². The lowest BCUT2D eigenvalue weighted by Gasteiger charge is -2.47. The molecule has 5 nitrogen and oxygen atoms in total. The molecule has 27 heavy (non-hydrogen) atoms. The number of nitrogens with zero attached hydrogens (tertiary/aromatic N) is 2. The Morgan fingerprint density at radius 1 is 1.15 bits per heavy atom. The summed E-state index contributed by atoms with van der Waals surface area (Å²) in [5, 5.41) is 4.22. The van der Waals surface area contributed by atoms with Crippen molar-refractivity contribution in [3.8, 4) is 0 Å². The van der Waals surface area contributed by atoms with Crippen LogP contribution in [0.15, 0.2) is 18.2 Å². The number of hydrogen-bond donors (Lipinski definition) is 1. The fourth-order valence-corrected chi connectivity index (χ4v) is 4.28. The van der Waals surface area contributed by atoms with E-state index in [0.717, 1.165) is 31.5 Å². The lowest BCUT2D eigenvalue weighted by Crippen LogP contribution is -2.70. The summed E-state index contributed by atoms with van der Waals surface area (Å²) in [6, 6.07) is 5.23. The van der Waals surface area contributed by atoms with Crippen LogP contribution in [0, 0.1) is 0 Å². The Kier molecular flexibility index (Phi) is 7.95. The van der Waals surface area contributed by atoms with E-state index >= 15 is 0 Å². The van der Waals surface area contributed by atoms with Crippen LogP contribution >= 0.6 is 35.6 Å². The van der Waals surface area contributed by atoms with Gasteiger partial charge in [-0.1, -0.05) is 29.3 Å². The molecule has 2 aliphatic rings. The molecule has 2 heterocycles. The largest absolute Gasteiger partial charge is 0.326 e. The molecule has 150 valence electrons. The second kappa shape index (κ2) is 9.57. The molecule has 1 N–H and O–H groups in total. The summed E-state index contributed by atoms with van der Waals surface area (Å²) >= 11 is 12.0. The van der Waals surface area contributed by atoms with Gasteiger partial charge in [0.25, 0.3) is 0 Å². The molecule has 1 atom stereocenters. The van der Waals surface area contributed by atoms with Crippen LogP contribution in [0.3, 0.4) is 0 Å². The number of carbonyl (C=O) groups is 2. The van der Waals surface area contributed by atoms with Gasteiger partial charge in [-0.05, 0) is 50.6 Å². The Morgan fingerprint density at radius 2 is 1.85 bits per heavy atom. The number of hydrogen-bond acceptors (Lipinski definition) is 4. The molecular weight excluding hydrogens is 409 g/mol. The van der Waals surface area contributed by atoms with E-state index in [1.54, 1.807) is 24.0 Å². The van der Waals surface area contributed by atoms with Crippen LogP contribution in [0.25, 0.3) is 0 Å². The summed E-state index contributed by atoms with van der Waals surface area (Å²) in [5.74, 6) is -0.00151. The topological polar surface area (TPSA) is 52.7 Å². The molecule has 1 amide bonds. The normalized spacial score (nSPS) is 23.1. The number of carbonyl (C=O) groups excluding carboxylic acids is 2. The Bertz CT molecular complexity index is 695. The number of likely N-dealkylation sites (tertiary alicyclic amines) is 1. The lowest BCUT2D eigenvalue weighted by atomic mass is 9.88. The maximum Gasteiger partial charge on any atom is 0.227 e. The lowest BCUT2D eigenvalue weighted by molar-refractivity contribution is -0.148. The number of benzene rings is 1. The molecule has 0 saturated carbocycles. The fraction of sp³-hybridized carbons (Fsp3) is 0.579. The second-order valence-corrected chi connectivity index (χ2v) is 8.03. The summed E-state index contributed by atoms with van der Waals surface area (Å²) in [6.45, 7) is 5.92. The zero-order chi connectivity index (χ0) is 18.7. The predicted octanol–water partition coefficient (Wildman–Crippen LogP) is 2.81. The zero-order valence-electron chi connectivity index (χ0n) is 15.5. The Labute approximate surface area is 176 Å². The minimum absolute atomic E-state index is 0. The number of amides is 1. The summed E-state index contributed by atoms with van der Waals surface area (Å²) in [4.78, 5) is 29.9. The number of halogens is 3. The van der Waals surface area contributed by atoms with E-state index in [1.807, 2.05) is 6.07 Å². The van der Waals surface area contributed by atoms with Crippen molar-refractivity contribution in [1.82, 2.24) is 15.1 Å². The van der Waals surface area contributed by atoms with Crippen LogP contribution in [-0.2, 0) is 16.0 Å². The first-order valence-electron chi connectivity index (χ1n) is 9.11. The van der Waals surface area contributed by atoms with E-state index in [4.69, 9.17) is 23.2 Å². The first kappa shape index (κ1) is 22.4. The van der Waals surface area contributed by atoms with Gasteiger partial charge in [0.1, 0.15) is 5.54 Å². The van der Waals surface area contributed by atoms with Crippen molar-refractivity contribution in [3.05, 3.63) is 33.8 Å². The molecule has 0 spiro atoms. The maximum atomic E-state index is 13.1. The van der Waals surface area contributed by atoms with Crippen LogP contribution in [0.2, 0.25) is 10.0 Å². The van der Waals surface area contributed by atoms with E-state index in [0.29, 0.717) is 36.2 Å². The molecule has 0 aromatic heterocycles. The molecule has 2 saturated heterocycles. The van der Waals surface area contributed by atoms with Gasteiger partial charge in [0.2, 0.25) is 5.91 Å². The fourth-order valence-electron chi connectivity index (χ4n) is 3.96. The molecule has 1 unspecified atom stereocenters. The molecule has 8 heteroatoms. The molecule has 2 aliphatic heterocycles. The van der Waals surface area contributed by atoms with Gasteiger partial charge in [-0.3, -0.25) is 9.59 Å². The Balaban J connectivity index is 0.00000261. The van der Waals surface area contributed by atoms with Gasteiger partial charge in [-0.25, -0.2) is 0 Å². The van der Waals surface area contributed by atoms with Gasteiger partial charge in [0, 0.05) is 26.2 Å². The minimum atomic E-state index is -0.796. The third-order valence-corrected chi connectivity index (χ3v) is 6.16. The average Bonchev–Trinajstić information content (AvgIpc) is 3.11. The van der Waals surface area contributed by atoms with Crippen LogP contribution in [0.5, 0.6) is 0 Å². The smallest absolute Gasteiger partial charge is 0.227 e. The van der Waals surface area contributed by atoms with Crippen LogP contribution < -0.4 is 5.32 Å². The highest BCUT2D eigenvalue weighted by Crippen LogP contribution is 2.26. The number of Topliss-reactive ketones (excluding diaryl/α,β-unsaturated/α-hetero) is 1. The highest BCUT2D eigenvalue weighted by atomic mass is 35.5. The highest BCUT2D eigenvalue weighted by molar-refractivity contribution is 6.42. The van der Waals surface area contributed by atoms with E-state index < -0.39 is 5.54 Å². The van der Waals surface area contributed by atoms with E-state index in [9.17, 15) is 9.59 Å². The van der Waals surface area contributed by atoms with Crippen molar-refractivity contribution < 1.29 is 9.59 Å². The zero-order valence-corrected chi connectivity index (χ0v) is 17.8. The molecule has 0 aliphatic carbocycles. The van der Waals surface area contributed by atoms with Gasteiger partial charge in [-0.15, -0.1) is 12.4 Å². The van der Waals surface area contributed by atoms with E-state index in [2.05, 4.69) is 10.2 Å². The molecule has 0 bridgehead atoms. The maximum absolute atomic E-state index is 13.1. The predicted molar refractivity (Wildman–Crippen MR) is 111 cm³/mol. The van der Waals surface area contributed by atoms with Crippen molar-refractivity contribution in [2.45, 2.75) is 31.7 Å². The first-order chi connectivity index (χ1) is 12.4. The quantitative estimate of drug-likeness (QED) is 0.774. The van der Waals surface area contributed by atoms with Gasteiger partial charge in [0.15, 0.2) is 5.78 Å².